The standard InChI is InChI=1S/C14H19NO5S/c1-10(2)6-9-21(17,18)15-14(16)11-4-3-5-12-13(11)20-8-7-19-12/h3-5,10H,6-9H2,1-2H3,(H,15,16). The van der Waals surface area contributed by atoms with E-state index < -0.39 is 15.9 Å². The van der Waals surface area contributed by atoms with Crippen LogP contribution in [0.15, 0.2) is 18.2 Å². The highest BCUT2D eigenvalue weighted by Crippen LogP contribution is 2.33. The summed E-state index contributed by atoms with van der Waals surface area (Å²) in [4.78, 5) is 12.2. The number of ether oxygens (including phenoxy) is 2. The van der Waals surface area contributed by atoms with Crippen LogP contribution in [0.3, 0.4) is 0 Å². The van der Waals surface area contributed by atoms with Gasteiger partial charge >= 0.3 is 0 Å². The molecule has 116 valence electrons. The Morgan fingerprint density at radius 2 is 2.00 bits per heavy atom. The number of hydrogen-bond acceptors (Lipinski definition) is 5. The van der Waals surface area contributed by atoms with Crippen molar-refractivity contribution in [3.63, 3.8) is 0 Å². The van der Waals surface area contributed by atoms with Crippen molar-refractivity contribution >= 4 is 15.9 Å². The van der Waals surface area contributed by atoms with Crippen molar-refractivity contribution in [2.24, 2.45) is 5.92 Å². The van der Waals surface area contributed by atoms with E-state index >= 15 is 0 Å². The predicted octanol–water partition coefficient (Wildman–Crippen LogP) is 1.56. The first kappa shape index (κ1) is 15.6. The lowest BCUT2D eigenvalue weighted by molar-refractivity contribution is 0.0970. The minimum absolute atomic E-state index is 0.0806. The van der Waals surface area contributed by atoms with Crippen LogP contribution < -0.4 is 14.2 Å². The van der Waals surface area contributed by atoms with Crippen LogP contribution >= 0.6 is 0 Å². The topological polar surface area (TPSA) is 81.7 Å². The number of benzene rings is 1. The van der Waals surface area contributed by atoms with Gasteiger partial charge in [0.1, 0.15) is 13.2 Å². The molecule has 0 saturated carbocycles. The first-order valence-corrected chi connectivity index (χ1v) is 8.48. The average Bonchev–Trinajstić information content (AvgIpc) is 2.44. The molecule has 1 N–H and O–H groups in total. The highest BCUT2D eigenvalue weighted by Gasteiger charge is 2.23. The summed E-state index contributed by atoms with van der Waals surface area (Å²) in [5.74, 6) is 0.218. The summed E-state index contributed by atoms with van der Waals surface area (Å²) in [5, 5.41) is 0. The molecule has 0 unspecified atom stereocenters. The number of sulfonamides is 1. The molecule has 0 atom stereocenters. The van der Waals surface area contributed by atoms with E-state index in [1.165, 1.54) is 6.07 Å². The van der Waals surface area contributed by atoms with Gasteiger partial charge in [0.05, 0.1) is 11.3 Å². The van der Waals surface area contributed by atoms with Crippen LogP contribution in [0.25, 0.3) is 0 Å². The zero-order valence-electron chi connectivity index (χ0n) is 12.1. The zero-order chi connectivity index (χ0) is 15.5. The molecular weight excluding hydrogens is 294 g/mol. The first-order valence-electron chi connectivity index (χ1n) is 6.82. The smallest absolute Gasteiger partial charge is 0.268 e. The van der Waals surface area contributed by atoms with Crippen LogP contribution in [0.2, 0.25) is 0 Å². The molecule has 7 heteroatoms. The molecule has 0 spiro atoms. The summed E-state index contributed by atoms with van der Waals surface area (Å²) < 4.78 is 36.6. The molecule has 0 radical (unpaired) electrons. The van der Waals surface area contributed by atoms with Crippen molar-refractivity contribution < 1.29 is 22.7 Å². The summed E-state index contributed by atoms with van der Waals surface area (Å²) in [5.41, 5.74) is 0.167. The van der Waals surface area contributed by atoms with Crippen LogP contribution in [0.5, 0.6) is 11.5 Å². The van der Waals surface area contributed by atoms with Crippen molar-refractivity contribution in [1.29, 1.82) is 0 Å². The molecule has 21 heavy (non-hydrogen) atoms. The Hall–Kier alpha value is -1.76. The van der Waals surface area contributed by atoms with E-state index in [-0.39, 0.29) is 17.2 Å². The maximum atomic E-state index is 12.2. The van der Waals surface area contributed by atoms with Gasteiger partial charge in [-0.15, -0.1) is 0 Å². The lowest BCUT2D eigenvalue weighted by Crippen LogP contribution is -2.33. The number of carbonyl (C=O) groups excluding carboxylic acids is 1. The van der Waals surface area contributed by atoms with Crippen LogP contribution in [-0.2, 0) is 10.0 Å². The fraction of sp³-hybridized carbons (Fsp3) is 0.500. The summed E-state index contributed by atoms with van der Waals surface area (Å²) in [6.07, 6.45) is 0.495. The van der Waals surface area contributed by atoms with Crippen molar-refractivity contribution in [3.8, 4) is 11.5 Å². The van der Waals surface area contributed by atoms with Crippen LogP contribution in [0.4, 0.5) is 0 Å². The highest BCUT2D eigenvalue weighted by molar-refractivity contribution is 7.90. The Morgan fingerprint density at radius 3 is 2.71 bits per heavy atom. The van der Waals surface area contributed by atoms with Gasteiger partial charge < -0.3 is 9.47 Å². The van der Waals surface area contributed by atoms with Gasteiger partial charge in [0.15, 0.2) is 11.5 Å². The van der Waals surface area contributed by atoms with Gasteiger partial charge in [-0.05, 0) is 24.5 Å². The average molecular weight is 313 g/mol. The summed E-state index contributed by atoms with van der Waals surface area (Å²) in [7, 11) is -3.65. The Bertz CT molecular complexity index is 624. The van der Waals surface area contributed by atoms with Crippen molar-refractivity contribution in [1.82, 2.24) is 4.72 Å². The van der Waals surface area contributed by atoms with E-state index in [9.17, 15) is 13.2 Å². The van der Waals surface area contributed by atoms with Crippen molar-refractivity contribution in [3.05, 3.63) is 23.8 Å². The van der Waals surface area contributed by atoms with Crippen LogP contribution in [0, 0.1) is 5.92 Å². The van der Waals surface area contributed by atoms with E-state index in [0.717, 1.165) is 0 Å². The molecule has 6 nitrogen and oxygen atoms in total. The minimum Gasteiger partial charge on any atom is -0.486 e. The van der Waals surface area contributed by atoms with E-state index in [1.807, 2.05) is 13.8 Å². The molecule has 1 aromatic rings. The summed E-state index contributed by atoms with van der Waals surface area (Å²) in [6, 6.07) is 4.82. The molecule has 2 rings (SSSR count). The quantitative estimate of drug-likeness (QED) is 0.892. The van der Waals surface area contributed by atoms with Gasteiger partial charge in [-0.25, -0.2) is 13.1 Å². The molecule has 1 aromatic carbocycles. The number of carbonyl (C=O) groups is 1. The molecular formula is C14H19NO5S. The molecule has 1 amide bonds. The van der Waals surface area contributed by atoms with Gasteiger partial charge in [-0.2, -0.15) is 0 Å². The lowest BCUT2D eigenvalue weighted by atomic mass is 10.1. The van der Waals surface area contributed by atoms with E-state index in [2.05, 4.69) is 4.72 Å². The third-order valence-electron chi connectivity index (χ3n) is 3.02. The second-order valence-electron chi connectivity index (χ2n) is 5.26. The number of fused-ring (bicyclic) bond motifs is 1. The molecule has 0 aliphatic carbocycles. The van der Waals surface area contributed by atoms with Crippen LogP contribution in [-0.4, -0.2) is 33.3 Å². The maximum Gasteiger partial charge on any atom is 0.268 e. The van der Waals surface area contributed by atoms with Crippen molar-refractivity contribution in [2.75, 3.05) is 19.0 Å². The fourth-order valence-corrected chi connectivity index (χ4v) is 3.17. The monoisotopic (exact) mass is 313 g/mol. The number of para-hydroxylation sites is 1. The Labute approximate surface area is 124 Å². The van der Waals surface area contributed by atoms with Gasteiger partial charge in [-0.3, -0.25) is 4.79 Å². The maximum absolute atomic E-state index is 12.2. The Kier molecular flexibility index (Phi) is 4.72. The third-order valence-corrected chi connectivity index (χ3v) is 4.29. The van der Waals surface area contributed by atoms with E-state index in [0.29, 0.717) is 31.1 Å². The molecule has 1 aliphatic heterocycles. The van der Waals surface area contributed by atoms with Crippen LogP contribution in [0.1, 0.15) is 30.6 Å². The molecule has 1 aliphatic rings. The number of nitrogens with one attached hydrogen (secondary N) is 1. The normalized spacial score (nSPS) is 14.0. The third kappa shape index (κ3) is 4.10. The largest absolute Gasteiger partial charge is 0.486 e. The van der Waals surface area contributed by atoms with Gasteiger partial charge in [0.2, 0.25) is 10.0 Å². The molecule has 0 aromatic heterocycles. The second-order valence-corrected chi connectivity index (χ2v) is 7.10. The Morgan fingerprint density at radius 1 is 1.29 bits per heavy atom. The van der Waals surface area contributed by atoms with E-state index in [1.54, 1.807) is 12.1 Å². The highest BCUT2D eigenvalue weighted by atomic mass is 32.2. The summed E-state index contributed by atoms with van der Waals surface area (Å²) >= 11 is 0. The molecule has 0 fully saturated rings. The number of amides is 1. The molecule has 0 bridgehead atoms. The lowest BCUT2D eigenvalue weighted by Gasteiger charge is -2.20. The zero-order valence-corrected chi connectivity index (χ0v) is 12.9. The van der Waals surface area contributed by atoms with Gasteiger partial charge in [0, 0.05) is 0 Å². The first-order chi connectivity index (χ1) is 9.89. The Balaban J connectivity index is 2.14. The number of rotatable bonds is 5. The summed E-state index contributed by atoms with van der Waals surface area (Å²) in [6.45, 7) is 4.59. The predicted molar refractivity (Wildman–Crippen MR) is 78.1 cm³/mol. The SMILES string of the molecule is CC(C)CCS(=O)(=O)NC(=O)c1cccc2c1OCCO2. The number of hydrogen-bond donors (Lipinski definition) is 1. The van der Waals surface area contributed by atoms with Crippen molar-refractivity contribution in [2.45, 2.75) is 20.3 Å². The van der Waals surface area contributed by atoms with Gasteiger partial charge in [0.25, 0.3) is 5.91 Å². The molecule has 1 heterocycles. The fourth-order valence-electron chi connectivity index (χ4n) is 1.89. The van der Waals surface area contributed by atoms with Gasteiger partial charge in [-0.1, -0.05) is 19.9 Å². The molecule has 0 saturated heterocycles. The second kappa shape index (κ2) is 6.34. The van der Waals surface area contributed by atoms with E-state index in [4.69, 9.17) is 9.47 Å². The minimum atomic E-state index is -3.65.